The Bertz CT molecular complexity index is 733. The minimum atomic E-state index is -1.19. The zero-order valence-electron chi connectivity index (χ0n) is 16.2. The molecule has 3 aliphatic rings. The molecule has 0 aliphatic carbocycles. The molecule has 0 bridgehead atoms. The highest BCUT2D eigenvalue weighted by atomic mass is 32.2. The number of carbonyl (C=O) groups is 2. The zero-order chi connectivity index (χ0) is 22.5. The Labute approximate surface area is 176 Å². The van der Waals surface area contributed by atoms with E-state index in [1.165, 1.54) is 18.1 Å². The monoisotopic (exact) mass is 447 g/mol. The first-order valence-electron chi connectivity index (χ1n) is 8.98. The van der Waals surface area contributed by atoms with Crippen LogP contribution in [0.2, 0.25) is 0 Å². The summed E-state index contributed by atoms with van der Waals surface area (Å²) in [5.74, 6) is -1.05. The molecule has 1 saturated heterocycles. The number of nitrogens with zero attached hydrogens (tertiary/aromatic N) is 4. The van der Waals surface area contributed by atoms with Crippen molar-refractivity contribution in [2.75, 3.05) is 19.5 Å². The van der Waals surface area contributed by atoms with Gasteiger partial charge in [-0.05, 0) is 12.7 Å². The molecule has 0 aromatic carbocycles. The number of hydrogen-bond donors (Lipinski definition) is 6. The van der Waals surface area contributed by atoms with Gasteiger partial charge in [-0.1, -0.05) is 0 Å². The normalized spacial score (nSPS) is 32.1. The molecule has 1 unspecified atom stereocenters. The van der Waals surface area contributed by atoms with Gasteiger partial charge in [-0.3, -0.25) is 14.5 Å². The van der Waals surface area contributed by atoms with Crippen LogP contribution in [-0.4, -0.2) is 109 Å². The maximum absolute atomic E-state index is 10.1. The molecule has 3 aliphatic heterocycles. The minimum absolute atomic E-state index is 0.0632. The van der Waals surface area contributed by atoms with Crippen molar-refractivity contribution in [2.24, 2.45) is 20.7 Å². The average molecular weight is 447 g/mol. The van der Waals surface area contributed by atoms with Crippen molar-refractivity contribution >= 4 is 41.7 Å². The molecule has 5 atom stereocenters. The van der Waals surface area contributed by atoms with E-state index in [1.54, 1.807) is 4.90 Å². The molecule has 168 valence electrons. The summed E-state index contributed by atoms with van der Waals surface area (Å²) in [5.41, 5.74) is 5.96. The maximum atomic E-state index is 10.1. The standard InChI is InChI=1S/C11H17N5O4S.C5H8O4/c1-21-11-9(12)13-3-14-10(11)16(4-15-11)8-7(19)6(18)5(2-17)20-8;6-4(7)2-1-3-5(8)9/h4-8,17-19H,2-3H2,1H3,(H2,12,13);1-3H2,(H,6,7)(H,8,9)/t5-,6-,7-,8-,11?;/m1./s1. The van der Waals surface area contributed by atoms with Gasteiger partial charge in [-0.15, -0.1) is 11.8 Å². The Hall–Kier alpha value is -2.26. The number of hydrogen-bond acceptors (Lipinski definition) is 12. The number of ether oxygens (including phenoxy) is 1. The molecule has 30 heavy (non-hydrogen) atoms. The molecule has 0 aromatic heterocycles. The Balaban J connectivity index is 0.000000303. The van der Waals surface area contributed by atoms with Gasteiger partial charge in [0.1, 0.15) is 30.8 Å². The van der Waals surface area contributed by atoms with Crippen molar-refractivity contribution in [3.63, 3.8) is 0 Å². The lowest BCUT2D eigenvalue weighted by atomic mass is 10.1. The number of rotatable bonds is 7. The fourth-order valence-electron chi connectivity index (χ4n) is 3.02. The molecule has 0 aromatic rings. The lowest BCUT2D eigenvalue weighted by molar-refractivity contribution is -0.138. The number of fused-ring (bicyclic) bond motifs is 1. The molecular formula is C16H25N5O8S. The van der Waals surface area contributed by atoms with E-state index in [1.807, 2.05) is 6.26 Å². The summed E-state index contributed by atoms with van der Waals surface area (Å²) in [4.78, 5) is 33.0. The van der Waals surface area contributed by atoms with Gasteiger partial charge in [0.25, 0.3) is 0 Å². The molecule has 14 heteroatoms. The summed E-state index contributed by atoms with van der Waals surface area (Å²) in [7, 11) is 0. The van der Waals surface area contributed by atoms with Crippen LogP contribution in [0.3, 0.4) is 0 Å². The van der Waals surface area contributed by atoms with Crippen LogP contribution in [0.15, 0.2) is 15.0 Å². The van der Waals surface area contributed by atoms with Crippen molar-refractivity contribution < 1.29 is 39.9 Å². The summed E-state index contributed by atoms with van der Waals surface area (Å²) in [6.45, 7) is -0.207. The van der Waals surface area contributed by atoms with Gasteiger partial charge in [-0.2, -0.15) is 0 Å². The number of aliphatic carboxylic acids is 2. The number of aliphatic hydroxyl groups excluding tert-OH is 3. The first-order valence-corrected chi connectivity index (χ1v) is 10.2. The molecule has 7 N–H and O–H groups in total. The summed E-state index contributed by atoms with van der Waals surface area (Å²) in [6.07, 6.45) is -0.687. The van der Waals surface area contributed by atoms with Gasteiger partial charge < -0.3 is 36.0 Å². The van der Waals surface area contributed by atoms with E-state index in [0.717, 1.165) is 0 Å². The lowest BCUT2D eigenvalue weighted by Gasteiger charge is -2.33. The summed E-state index contributed by atoms with van der Waals surface area (Å²) in [6, 6.07) is 0. The Morgan fingerprint density at radius 1 is 1.27 bits per heavy atom. The molecule has 0 amide bonds. The average Bonchev–Trinajstić information content (AvgIpc) is 3.21. The molecule has 13 nitrogen and oxygen atoms in total. The quantitative estimate of drug-likeness (QED) is 0.248. The molecule has 3 heterocycles. The molecule has 0 radical (unpaired) electrons. The van der Waals surface area contributed by atoms with Gasteiger partial charge in [0.15, 0.2) is 12.1 Å². The Kier molecular flexibility index (Phi) is 8.14. The fourth-order valence-corrected chi connectivity index (χ4v) is 3.80. The highest BCUT2D eigenvalue weighted by Gasteiger charge is 2.54. The van der Waals surface area contributed by atoms with Crippen molar-refractivity contribution in [3.8, 4) is 0 Å². The van der Waals surface area contributed by atoms with Crippen molar-refractivity contribution in [3.05, 3.63) is 0 Å². The number of thioether (sulfide) groups is 1. The lowest BCUT2D eigenvalue weighted by Crippen LogP contribution is -2.54. The smallest absolute Gasteiger partial charge is 0.303 e. The van der Waals surface area contributed by atoms with Crippen LogP contribution in [0.5, 0.6) is 0 Å². The van der Waals surface area contributed by atoms with Crippen LogP contribution in [0.4, 0.5) is 0 Å². The van der Waals surface area contributed by atoms with Crippen molar-refractivity contribution in [2.45, 2.75) is 48.7 Å². The first kappa shape index (κ1) is 24.0. The van der Waals surface area contributed by atoms with Crippen molar-refractivity contribution in [1.82, 2.24) is 4.90 Å². The van der Waals surface area contributed by atoms with Crippen LogP contribution < -0.4 is 5.73 Å². The number of amidine groups is 2. The van der Waals surface area contributed by atoms with E-state index in [9.17, 15) is 19.8 Å². The van der Waals surface area contributed by atoms with Crippen LogP contribution in [0.1, 0.15) is 19.3 Å². The highest BCUT2D eigenvalue weighted by molar-refractivity contribution is 8.01. The van der Waals surface area contributed by atoms with Gasteiger partial charge in [-0.25, -0.2) is 15.0 Å². The van der Waals surface area contributed by atoms with E-state index in [2.05, 4.69) is 15.0 Å². The predicted molar refractivity (Wildman–Crippen MR) is 107 cm³/mol. The second kappa shape index (κ2) is 10.2. The van der Waals surface area contributed by atoms with Crippen molar-refractivity contribution in [1.29, 1.82) is 0 Å². The zero-order valence-corrected chi connectivity index (χ0v) is 17.0. The number of aliphatic imine (C=N–C) groups is 3. The summed E-state index contributed by atoms with van der Waals surface area (Å²) < 4.78 is 5.51. The third-order valence-corrected chi connectivity index (χ3v) is 5.68. The van der Waals surface area contributed by atoms with Crippen LogP contribution >= 0.6 is 11.8 Å². The van der Waals surface area contributed by atoms with E-state index in [-0.39, 0.29) is 32.5 Å². The summed E-state index contributed by atoms with van der Waals surface area (Å²) in [5, 5.41) is 45.2. The summed E-state index contributed by atoms with van der Waals surface area (Å²) >= 11 is 1.37. The second-order valence-electron chi connectivity index (χ2n) is 6.54. The van der Waals surface area contributed by atoms with E-state index >= 15 is 0 Å². The van der Waals surface area contributed by atoms with Crippen LogP contribution in [0, 0.1) is 0 Å². The number of carboxylic acids is 2. The number of carboxylic acid groups (broad SMARTS) is 2. The molecule has 3 rings (SSSR count). The SMILES string of the molecule is CSC12N=CN([C@@H]3O[C@H](CO)[C@@H](O)[C@H]3O)C1=NCN=C2N.O=C(O)CCCC(=O)O. The van der Waals surface area contributed by atoms with Crippen LogP contribution in [0.25, 0.3) is 0 Å². The number of aliphatic hydroxyl groups is 3. The third kappa shape index (κ3) is 4.89. The largest absolute Gasteiger partial charge is 0.481 e. The molecule has 1 fully saturated rings. The first-order chi connectivity index (χ1) is 14.2. The Morgan fingerprint density at radius 2 is 1.90 bits per heavy atom. The molecule has 0 spiro atoms. The fraction of sp³-hybridized carbons (Fsp3) is 0.688. The second-order valence-corrected chi connectivity index (χ2v) is 7.54. The molecular weight excluding hydrogens is 422 g/mol. The highest BCUT2D eigenvalue weighted by Crippen LogP contribution is 2.37. The van der Waals surface area contributed by atoms with E-state index in [4.69, 9.17) is 25.8 Å². The van der Waals surface area contributed by atoms with E-state index < -0.39 is 41.3 Å². The van der Waals surface area contributed by atoms with Gasteiger partial charge >= 0.3 is 11.9 Å². The number of nitrogens with two attached hydrogens (primary N) is 1. The third-order valence-electron chi connectivity index (χ3n) is 4.59. The topological polar surface area (TPSA) is 211 Å². The maximum Gasteiger partial charge on any atom is 0.303 e. The molecule has 0 saturated carbocycles. The van der Waals surface area contributed by atoms with E-state index in [0.29, 0.717) is 11.7 Å². The van der Waals surface area contributed by atoms with Gasteiger partial charge in [0.2, 0.25) is 4.87 Å². The van der Waals surface area contributed by atoms with Gasteiger partial charge in [0.05, 0.1) is 12.9 Å². The van der Waals surface area contributed by atoms with Crippen LogP contribution in [-0.2, 0) is 14.3 Å². The Morgan fingerprint density at radius 3 is 2.40 bits per heavy atom. The minimum Gasteiger partial charge on any atom is -0.481 e. The van der Waals surface area contributed by atoms with Gasteiger partial charge in [0, 0.05) is 12.8 Å². The predicted octanol–water partition coefficient (Wildman–Crippen LogP) is -2.12.